The van der Waals surface area contributed by atoms with E-state index in [1.807, 2.05) is 30.5 Å². The average Bonchev–Trinajstić information content (AvgIpc) is 2.56. The van der Waals surface area contributed by atoms with E-state index in [4.69, 9.17) is 0 Å². The van der Waals surface area contributed by atoms with Crippen LogP contribution in [0.2, 0.25) is 0 Å². The Hall–Kier alpha value is -1.70. The van der Waals surface area contributed by atoms with Gasteiger partial charge in [-0.15, -0.1) is 0 Å². The van der Waals surface area contributed by atoms with E-state index in [0.29, 0.717) is 0 Å². The number of rotatable bonds is 0. The Morgan fingerprint density at radius 1 is 1.31 bits per heavy atom. The van der Waals surface area contributed by atoms with E-state index in [9.17, 15) is 0 Å². The van der Waals surface area contributed by atoms with Gasteiger partial charge in [0.25, 0.3) is 0 Å². The summed E-state index contributed by atoms with van der Waals surface area (Å²) in [6, 6.07) is 3.93. The van der Waals surface area contributed by atoms with Crippen LogP contribution in [-0.4, -0.2) is 4.98 Å². The summed E-state index contributed by atoms with van der Waals surface area (Å²) in [5, 5.41) is 2.06. The molecule has 0 atom stereocenters. The van der Waals surface area contributed by atoms with E-state index in [2.05, 4.69) is 16.1 Å². The molecule has 13 heavy (non-hydrogen) atoms. The molecule has 0 unspecified atom stereocenters. The maximum absolute atomic E-state index is 4.48. The van der Waals surface area contributed by atoms with Gasteiger partial charge in [-0.3, -0.25) is 4.98 Å². The first kappa shape index (κ1) is 6.78. The smallest absolute Gasteiger partial charge is 0.0943 e. The van der Waals surface area contributed by atoms with Gasteiger partial charge in [-0.1, -0.05) is 12.2 Å². The first-order chi connectivity index (χ1) is 6.45. The molecule has 1 aromatic heterocycles. The highest BCUT2D eigenvalue weighted by molar-refractivity contribution is 5.68. The molecule has 0 radical (unpaired) electrons. The molecule has 1 aromatic rings. The average molecular weight is 168 g/mol. The lowest BCUT2D eigenvalue weighted by atomic mass is 10.1. The summed E-state index contributed by atoms with van der Waals surface area (Å²) in [6.45, 7) is 0. The van der Waals surface area contributed by atoms with Crippen LogP contribution in [0, 0.1) is 0 Å². The second kappa shape index (κ2) is 2.39. The van der Waals surface area contributed by atoms with Gasteiger partial charge in [-0.05, 0) is 24.6 Å². The molecule has 2 aliphatic rings. The fourth-order valence-electron chi connectivity index (χ4n) is 1.72. The predicted octanol–water partition coefficient (Wildman–Crippen LogP) is 0.709. The van der Waals surface area contributed by atoms with E-state index in [1.54, 1.807) is 0 Å². The monoisotopic (exact) mass is 168 g/mol. The third kappa shape index (κ3) is 0.886. The zero-order valence-corrected chi connectivity index (χ0v) is 7.07. The van der Waals surface area contributed by atoms with Crippen molar-refractivity contribution in [1.29, 1.82) is 0 Å². The molecule has 0 aromatic carbocycles. The van der Waals surface area contributed by atoms with Crippen LogP contribution in [0.1, 0.15) is 6.42 Å². The van der Waals surface area contributed by atoms with Crippen molar-refractivity contribution in [2.75, 3.05) is 0 Å². The van der Waals surface area contributed by atoms with E-state index in [0.717, 1.165) is 22.8 Å². The number of hydrogen-bond donors (Lipinski definition) is 0. The Bertz CT molecular complexity index is 535. The van der Waals surface area contributed by atoms with Gasteiger partial charge in [0, 0.05) is 11.8 Å². The first-order valence-electron chi connectivity index (χ1n) is 4.35. The van der Waals surface area contributed by atoms with Gasteiger partial charge in [0.2, 0.25) is 0 Å². The summed E-state index contributed by atoms with van der Waals surface area (Å²) in [7, 11) is 0. The van der Waals surface area contributed by atoms with Crippen LogP contribution in [0.15, 0.2) is 47.2 Å². The van der Waals surface area contributed by atoms with Crippen molar-refractivity contribution in [3.05, 3.63) is 53.0 Å². The van der Waals surface area contributed by atoms with Crippen molar-refractivity contribution in [2.24, 2.45) is 4.99 Å². The number of aromatic nitrogens is 1. The zero-order valence-electron chi connectivity index (χ0n) is 7.07. The first-order valence-corrected chi connectivity index (χ1v) is 4.35. The molecular formula is C11H8N2. The van der Waals surface area contributed by atoms with Crippen LogP contribution in [-0.2, 0) is 0 Å². The third-order valence-electron chi connectivity index (χ3n) is 2.33. The van der Waals surface area contributed by atoms with Crippen molar-refractivity contribution in [3.8, 4) is 0 Å². The number of nitrogens with zero attached hydrogens (tertiary/aromatic N) is 2. The molecule has 0 N–H and O–H groups in total. The molecule has 0 fully saturated rings. The van der Waals surface area contributed by atoms with Crippen molar-refractivity contribution >= 4 is 5.57 Å². The Morgan fingerprint density at radius 3 is 3.31 bits per heavy atom. The molecule has 0 saturated carbocycles. The fraction of sp³-hybridized carbons (Fsp3) is 0.0909. The van der Waals surface area contributed by atoms with Gasteiger partial charge in [-0.2, -0.15) is 0 Å². The minimum atomic E-state index is 0.958. The normalized spacial score (nSPS) is 17.5. The maximum Gasteiger partial charge on any atom is 0.0943 e. The van der Waals surface area contributed by atoms with Crippen molar-refractivity contribution in [2.45, 2.75) is 6.42 Å². The molecule has 3 rings (SSSR count). The topological polar surface area (TPSA) is 25.2 Å². The van der Waals surface area contributed by atoms with Gasteiger partial charge >= 0.3 is 0 Å². The zero-order chi connectivity index (χ0) is 8.67. The van der Waals surface area contributed by atoms with Gasteiger partial charge in [0.05, 0.1) is 16.4 Å². The summed E-state index contributed by atoms with van der Waals surface area (Å²) in [5.74, 6) is 0. The van der Waals surface area contributed by atoms with Crippen LogP contribution in [0.4, 0.5) is 0 Å². The highest BCUT2D eigenvalue weighted by atomic mass is 14.8. The minimum Gasteiger partial charge on any atom is -0.254 e. The molecule has 1 aliphatic heterocycles. The largest absolute Gasteiger partial charge is 0.254 e. The summed E-state index contributed by atoms with van der Waals surface area (Å²) < 4.78 is 0. The number of hydrogen-bond acceptors (Lipinski definition) is 2. The molecule has 2 heterocycles. The lowest BCUT2D eigenvalue weighted by Gasteiger charge is -2.02. The lowest BCUT2D eigenvalue weighted by Crippen LogP contribution is -2.25. The van der Waals surface area contributed by atoms with Crippen molar-refractivity contribution in [1.82, 2.24) is 4.98 Å². The van der Waals surface area contributed by atoms with E-state index in [-0.39, 0.29) is 0 Å². The number of pyridine rings is 1. The Kier molecular flexibility index (Phi) is 1.25. The molecule has 1 aliphatic carbocycles. The second-order valence-corrected chi connectivity index (χ2v) is 3.15. The van der Waals surface area contributed by atoms with Crippen LogP contribution in [0.3, 0.4) is 0 Å². The fourth-order valence-corrected chi connectivity index (χ4v) is 1.72. The molecular weight excluding hydrogens is 160 g/mol. The number of allylic oxidation sites excluding steroid dienone is 4. The van der Waals surface area contributed by atoms with E-state index >= 15 is 0 Å². The Labute approximate surface area is 75.7 Å². The molecule has 0 saturated heterocycles. The van der Waals surface area contributed by atoms with E-state index < -0.39 is 0 Å². The Morgan fingerprint density at radius 2 is 2.31 bits per heavy atom. The van der Waals surface area contributed by atoms with Crippen LogP contribution in [0.5, 0.6) is 0 Å². The second-order valence-electron chi connectivity index (χ2n) is 3.15. The Balaban J connectivity index is 2.46. The predicted molar refractivity (Wildman–Crippen MR) is 50.3 cm³/mol. The molecule has 62 valence electrons. The minimum absolute atomic E-state index is 0.958. The quantitative estimate of drug-likeness (QED) is 0.560. The highest BCUT2D eigenvalue weighted by Crippen LogP contribution is 2.21. The maximum atomic E-state index is 4.48. The standard InChI is InChI=1S/C11H8N2/c1-2-5-9-8(4-1)11-10(13-9)6-3-7-12-11/h1-3,5-7H,4H2. The van der Waals surface area contributed by atoms with Crippen molar-refractivity contribution < 1.29 is 0 Å². The summed E-state index contributed by atoms with van der Waals surface area (Å²) >= 11 is 0. The van der Waals surface area contributed by atoms with Crippen LogP contribution >= 0.6 is 0 Å². The molecule has 2 nitrogen and oxygen atoms in total. The van der Waals surface area contributed by atoms with Gasteiger partial charge in [-0.25, -0.2) is 4.99 Å². The lowest BCUT2D eigenvalue weighted by molar-refractivity contribution is 1.18. The van der Waals surface area contributed by atoms with Crippen LogP contribution in [0.25, 0.3) is 5.57 Å². The number of fused-ring (bicyclic) bond motifs is 2. The molecule has 2 heteroatoms. The van der Waals surface area contributed by atoms with E-state index in [1.165, 1.54) is 5.57 Å². The molecule has 0 amide bonds. The van der Waals surface area contributed by atoms with Gasteiger partial charge in [0.15, 0.2) is 0 Å². The van der Waals surface area contributed by atoms with Gasteiger partial charge in [0.1, 0.15) is 0 Å². The van der Waals surface area contributed by atoms with Crippen molar-refractivity contribution in [3.63, 3.8) is 0 Å². The van der Waals surface area contributed by atoms with Gasteiger partial charge < -0.3 is 0 Å². The SMILES string of the molecule is C1=CCC2=c3ncccc3=NC2=C1. The molecule has 0 spiro atoms. The van der Waals surface area contributed by atoms with Crippen LogP contribution < -0.4 is 10.7 Å². The third-order valence-corrected chi connectivity index (χ3v) is 2.33. The highest BCUT2D eigenvalue weighted by Gasteiger charge is 2.13. The molecule has 0 bridgehead atoms. The summed E-state index contributed by atoms with van der Waals surface area (Å²) in [6.07, 6.45) is 9.01. The summed E-state index contributed by atoms with van der Waals surface area (Å²) in [4.78, 5) is 8.82. The summed E-state index contributed by atoms with van der Waals surface area (Å²) in [5.41, 5.74) is 2.34.